The molecule has 2 aromatic rings. The Kier molecular flexibility index (Phi) is 5.44. The number of Topliss-reactive ketones (excluding diaryl/α,β-unsaturated/α-hetero) is 1. The van der Waals surface area contributed by atoms with Crippen LogP contribution in [0.3, 0.4) is 0 Å². The smallest absolute Gasteiger partial charge is 0.242 e. The highest BCUT2D eigenvalue weighted by molar-refractivity contribution is 5.94. The molecule has 0 bridgehead atoms. The number of nitrogens with zero attached hydrogens (tertiary/aromatic N) is 2. The van der Waals surface area contributed by atoms with Gasteiger partial charge in [-0.05, 0) is 49.6 Å². The molecular formula is C23H27N3O2. The lowest BCUT2D eigenvalue weighted by atomic mass is 10.0. The van der Waals surface area contributed by atoms with Crippen molar-refractivity contribution in [3.63, 3.8) is 0 Å². The summed E-state index contributed by atoms with van der Waals surface area (Å²) in [5.74, 6) is 0.205. The first-order chi connectivity index (χ1) is 13.6. The summed E-state index contributed by atoms with van der Waals surface area (Å²) >= 11 is 0. The number of carbonyl (C=O) groups excluding carboxylic acids is 2. The Morgan fingerprint density at radius 1 is 0.929 bits per heavy atom. The van der Waals surface area contributed by atoms with Crippen LogP contribution in [0.5, 0.6) is 0 Å². The lowest BCUT2D eigenvalue weighted by Crippen LogP contribution is -2.51. The fourth-order valence-electron chi connectivity index (χ4n) is 3.82. The molecule has 2 aromatic carbocycles. The molecule has 2 fully saturated rings. The van der Waals surface area contributed by atoms with Gasteiger partial charge in [-0.2, -0.15) is 0 Å². The number of hydrogen-bond donors (Lipinski definition) is 1. The minimum Gasteiger partial charge on any atom is -0.369 e. The zero-order valence-electron chi connectivity index (χ0n) is 16.3. The average molecular weight is 377 g/mol. The standard InChI is InChI=1S/C23H27N3O2/c1-17(27)18-7-11-21(12-8-18)25-13-15-26(16-14-25)22(19-5-3-2-4-6-19)23(28)24-20-9-10-20/h2-8,11-12,20,22H,9-10,13-16H2,1H3,(H,24,28)/t22-/m0/s1. The maximum atomic E-state index is 12.9. The van der Waals surface area contributed by atoms with Crippen molar-refractivity contribution in [1.29, 1.82) is 0 Å². The summed E-state index contributed by atoms with van der Waals surface area (Å²) in [7, 11) is 0. The number of nitrogens with one attached hydrogen (secondary N) is 1. The lowest BCUT2D eigenvalue weighted by Gasteiger charge is -2.39. The van der Waals surface area contributed by atoms with Crippen molar-refractivity contribution in [2.24, 2.45) is 0 Å². The molecule has 0 unspecified atom stereocenters. The van der Waals surface area contributed by atoms with Gasteiger partial charge in [0.25, 0.3) is 0 Å². The van der Waals surface area contributed by atoms with Crippen LogP contribution in [0.15, 0.2) is 54.6 Å². The van der Waals surface area contributed by atoms with Gasteiger partial charge in [-0.15, -0.1) is 0 Å². The van der Waals surface area contributed by atoms with E-state index in [9.17, 15) is 9.59 Å². The molecular weight excluding hydrogens is 350 g/mol. The summed E-state index contributed by atoms with van der Waals surface area (Å²) in [5, 5.41) is 3.18. The molecule has 1 saturated carbocycles. The van der Waals surface area contributed by atoms with E-state index in [0.29, 0.717) is 6.04 Å². The van der Waals surface area contributed by atoms with Gasteiger partial charge in [-0.25, -0.2) is 0 Å². The molecule has 5 heteroatoms. The third kappa shape index (κ3) is 4.25. The van der Waals surface area contributed by atoms with Crippen molar-refractivity contribution in [3.05, 3.63) is 65.7 Å². The van der Waals surface area contributed by atoms with Crippen molar-refractivity contribution >= 4 is 17.4 Å². The molecule has 1 N–H and O–H groups in total. The van der Waals surface area contributed by atoms with Crippen molar-refractivity contribution in [3.8, 4) is 0 Å². The summed E-state index contributed by atoms with van der Waals surface area (Å²) in [5.41, 5.74) is 2.92. The summed E-state index contributed by atoms with van der Waals surface area (Å²) in [6.45, 7) is 4.96. The molecule has 5 nitrogen and oxygen atoms in total. The van der Waals surface area contributed by atoms with E-state index < -0.39 is 0 Å². The molecule has 1 heterocycles. The van der Waals surface area contributed by atoms with E-state index >= 15 is 0 Å². The average Bonchev–Trinajstić information content (AvgIpc) is 3.53. The first kappa shape index (κ1) is 18.7. The van der Waals surface area contributed by atoms with Gasteiger partial charge in [-0.3, -0.25) is 14.5 Å². The van der Waals surface area contributed by atoms with Crippen LogP contribution in [0.4, 0.5) is 5.69 Å². The molecule has 1 aliphatic carbocycles. The first-order valence-corrected chi connectivity index (χ1v) is 10.1. The SMILES string of the molecule is CC(=O)c1ccc(N2CCN([C@H](C(=O)NC3CC3)c3ccccc3)CC2)cc1. The van der Waals surface area contributed by atoms with Crippen LogP contribution >= 0.6 is 0 Å². The van der Waals surface area contributed by atoms with E-state index in [1.165, 1.54) is 0 Å². The van der Waals surface area contributed by atoms with Crippen LogP contribution in [0, 0.1) is 0 Å². The highest BCUT2D eigenvalue weighted by Gasteiger charge is 2.33. The second-order valence-corrected chi connectivity index (χ2v) is 7.72. The zero-order chi connectivity index (χ0) is 19.5. The van der Waals surface area contributed by atoms with Crippen LogP contribution in [0.2, 0.25) is 0 Å². The van der Waals surface area contributed by atoms with Gasteiger partial charge in [0.05, 0.1) is 0 Å². The third-order valence-electron chi connectivity index (χ3n) is 5.61. The summed E-state index contributed by atoms with van der Waals surface area (Å²) in [4.78, 5) is 29.0. The number of carbonyl (C=O) groups is 2. The predicted molar refractivity (Wildman–Crippen MR) is 111 cm³/mol. The number of amides is 1. The monoisotopic (exact) mass is 377 g/mol. The van der Waals surface area contributed by atoms with Crippen LogP contribution < -0.4 is 10.2 Å². The van der Waals surface area contributed by atoms with E-state index in [2.05, 4.69) is 15.1 Å². The van der Waals surface area contributed by atoms with Crippen molar-refractivity contribution < 1.29 is 9.59 Å². The van der Waals surface area contributed by atoms with Crippen LogP contribution in [-0.4, -0.2) is 48.8 Å². The lowest BCUT2D eigenvalue weighted by molar-refractivity contribution is -0.127. The van der Waals surface area contributed by atoms with E-state index in [0.717, 1.165) is 55.8 Å². The highest BCUT2D eigenvalue weighted by atomic mass is 16.2. The minimum absolute atomic E-state index is 0.0868. The third-order valence-corrected chi connectivity index (χ3v) is 5.61. The first-order valence-electron chi connectivity index (χ1n) is 10.1. The molecule has 0 aromatic heterocycles. The Balaban J connectivity index is 1.45. The fraction of sp³-hybridized carbons (Fsp3) is 0.391. The van der Waals surface area contributed by atoms with Crippen molar-refractivity contribution in [2.45, 2.75) is 31.8 Å². The molecule has 1 atom stereocenters. The maximum absolute atomic E-state index is 12.9. The van der Waals surface area contributed by atoms with Gasteiger partial charge in [0.15, 0.2) is 5.78 Å². The number of ketones is 1. The molecule has 1 aliphatic heterocycles. The fourth-order valence-corrected chi connectivity index (χ4v) is 3.82. The van der Waals surface area contributed by atoms with E-state index in [4.69, 9.17) is 0 Å². The Morgan fingerprint density at radius 2 is 1.57 bits per heavy atom. The van der Waals surface area contributed by atoms with Gasteiger partial charge in [-0.1, -0.05) is 30.3 Å². The topological polar surface area (TPSA) is 52.7 Å². The van der Waals surface area contributed by atoms with Gasteiger partial charge < -0.3 is 10.2 Å². The quantitative estimate of drug-likeness (QED) is 0.787. The number of hydrogen-bond acceptors (Lipinski definition) is 4. The van der Waals surface area contributed by atoms with Gasteiger partial charge in [0.1, 0.15) is 6.04 Å². The molecule has 4 rings (SSSR count). The molecule has 146 valence electrons. The second kappa shape index (κ2) is 8.15. The minimum atomic E-state index is -0.232. The maximum Gasteiger partial charge on any atom is 0.242 e. The summed E-state index contributed by atoms with van der Waals surface area (Å²) < 4.78 is 0. The predicted octanol–water partition coefficient (Wildman–Crippen LogP) is 3.03. The number of anilines is 1. The number of piperazine rings is 1. The Labute approximate surface area is 166 Å². The van der Waals surface area contributed by atoms with Crippen molar-refractivity contribution in [2.75, 3.05) is 31.1 Å². The number of benzene rings is 2. The normalized spacial score (nSPS) is 18.5. The molecule has 2 aliphatic rings. The molecule has 0 spiro atoms. The zero-order valence-corrected chi connectivity index (χ0v) is 16.3. The van der Waals surface area contributed by atoms with E-state index in [1.54, 1.807) is 6.92 Å². The Bertz CT molecular complexity index is 823. The molecule has 28 heavy (non-hydrogen) atoms. The Hall–Kier alpha value is -2.66. The summed E-state index contributed by atoms with van der Waals surface area (Å²) in [6, 6.07) is 18.0. The van der Waals surface area contributed by atoms with Crippen LogP contribution in [-0.2, 0) is 4.79 Å². The van der Waals surface area contributed by atoms with Crippen LogP contribution in [0.1, 0.15) is 41.7 Å². The molecule has 0 radical (unpaired) electrons. The van der Waals surface area contributed by atoms with Gasteiger partial charge >= 0.3 is 0 Å². The Morgan fingerprint density at radius 3 is 2.14 bits per heavy atom. The highest BCUT2D eigenvalue weighted by Crippen LogP contribution is 2.27. The molecule has 1 saturated heterocycles. The van der Waals surface area contributed by atoms with E-state index in [-0.39, 0.29) is 17.7 Å². The summed E-state index contributed by atoms with van der Waals surface area (Å²) in [6.07, 6.45) is 2.19. The van der Waals surface area contributed by atoms with Crippen LogP contribution in [0.25, 0.3) is 0 Å². The molecule has 1 amide bonds. The second-order valence-electron chi connectivity index (χ2n) is 7.72. The van der Waals surface area contributed by atoms with E-state index in [1.807, 2.05) is 54.6 Å². The van der Waals surface area contributed by atoms with Crippen molar-refractivity contribution in [1.82, 2.24) is 10.2 Å². The van der Waals surface area contributed by atoms with Gasteiger partial charge in [0, 0.05) is 43.5 Å². The largest absolute Gasteiger partial charge is 0.369 e. The number of rotatable bonds is 6. The van der Waals surface area contributed by atoms with Gasteiger partial charge in [0.2, 0.25) is 5.91 Å².